The van der Waals surface area contributed by atoms with Gasteiger partial charge in [0.1, 0.15) is 5.76 Å². The molecule has 2 aliphatic heterocycles. The lowest BCUT2D eigenvalue weighted by Crippen LogP contribution is -2.46. The SMILES string of the molecule is CCN1CCCC1CNC(=NC[C@H]1CCCN1S(C)(=O)=O)NCCc1ccco1.I. The van der Waals surface area contributed by atoms with Crippen LogP contribution >= 0.6 is 24.0 Å². The summed E-state index contributed by atoms with van der Waals surface area (Å²) in [7, 11) is -3.18. The second kappa shape index (κ2) is 12.3. The van der Waals surface area contributed by atoms with Crippen LogP contribution in [0.25, 0.3) is 0 Å². The zero-order valence-electron chi connectivity index (χ0n) is 18.0. The van der Waals surface area contributed by atoms with Gasteiger partial charge in [-0.15, -0.1) is 24.0 Å². The summed E-state index contributed by atoms with van der Waals surface area (Å²) in [6.07, 6.45) is 7.95. The molecular weight excluding hydrogens is 517 g/mol. The molecule has 8 nitrogen and oxygen atoms in total. The standard InChI is InChI=1S/C20H35N5O3S.HI/c1-3-24-12-4-7-17(24)15-22-20(21-11-10-19-9-6-14-28-19)23-16-18-8-5-13-25(18)29(2,26)27;/h6,9,14,17-18H,3-5,7-8,10-13,15-16H2,1-2H3,(H2,21,22,23);1H/t17?,18-;/m1./s1. The largest absolute Gasteiger partial charge is 0.469 e. The molecule has 1 unspecified atom stereocenters. The molecule has 10 heteroatoms. The summed E-state index contributed by atoms with van der Waals surface area (Å²) in [5.41, 5.74) is 0. The van der Waals surface area contributed by atoms with Crippen LogP contribution < -0.4 is 10.6 Å². The molecule has 3 rings (SSSR count). The molecule has 2 saturated heterocycles. The molecule has 3 heterocycles. The molecule has 30 heavy (non-hydrogen) atoms. The Morgan fingerprint density at radius 1 is 1.23 bits per heavy atom. The van der Waals surface area contributed by atoms with E-state index in [1.807, 2.05) is 12.1 Å². The minimum absolute atomic E-state index is 0. The van der Waals surface area contributed by atoms with E-state index in [-0.39, 0.29) is 30.0 Å². The van der Waals surface area contributed by atoms with Crippen LogP contribution in [0.3, 0.4) is 0 Å². The van der Waals surface area contributed by atoms with Gasteiger partial charge in [-0.1, -0.05) is 6.92 Å². The van der Waals surface area contributed by atoms with Crippen LogP contribution in [0.4, 0.5) is 0 Å². The zero-order chi connectivity index (χ0) is 20.7. The number of hydrogen-bond donors (Lipinski definition) is 2. The van der Waals surface area contributed by atoms with Gasteiger partial charge in [0.2, 0.25) is 10.0 Å². The Morgan fingerprint density at radius 3 is 2.70 bits per heavy atom. The van der Waals surface area contributed by atoms with Crippen LogP contribution in [0.2, 0.25) is 0 Å². The summed E-state index contributed by atoms with van der Waals surface area (Å²) in [5, 5.41) is 6.87. The molecule has 0 aromatic carbocycles. The molecule has 0 amide bonds. The number of rotatable bonds is 9. The van der Waals surface area contributed by atoms with Crippen LogP contribution in [0.5, 0.6) is 0 Å². The molecule has 2 N–H and O–H groups in total. The summed E-state index contributed by atoms with van der Waals surface area (Å²) < 4.78 is 31.0. The van der Waals surface area contributed by atoms with Gasteiger partial charge in [0.25, 0.3) is 0 Å². The number of likely N-dealkylation sites (N-methyl/N-ethyl adjacent to an activating group) is 1. The van der Waals surface area contributed by atoms with Crippen LogP contribution in [0, 0.1) is 0 Å². The third-order valence-electron chi connectivity index (χ3n) is 5.86. The summed E-state index contributed by atoms with van der Waals surface area (Å²) in [6, 6.07) is 4.33. The number of nitrogens with zero attached hydrogens (tertiary/aromatic N) is 3. The molecule has 1 aromatic heterocycles. The average molecular weight is 554 g/mol. The van der Waals surface area contributed by atoms with Crippen molar-refractivity contribution in [1.82, 2.24) is 19.8 Å². The molecule has 1 aromatic rings. The smallest absolute Gasteiger partial charge is 0.211 e. The van der Waals surface area contributed by atoms with Gasteiger partial charge in [-0.2, -0.15) is 4.31 Å². The number of hydrogen-bond acceptors (Lipinski definition) is 5. The number of sulfonamides is 1. The fraction of sp³-hybridized carbons (Fsp3) is 0.750. The summed E-state index contributed by atoms with van der Waals surface area (Å²) in [5.74, 6) is 1.68. The first-order valence-corrected chi connectivity index (χ1v) is 12.6. The Morgan fingerprint density at radius 2 is 2.00 bits per heavy atom. The van der Waals surface area contributed by atoms with Crippen molar-refractivity contribution in [3.8, 4) is 0 Å². The van der Waals surface area contributed by atoms with Gasteiger partial charge in [0, 0.05) is 38.1 Å². The average Bonchev–Trinajstić information content (AvgIpc) is 3.44. The Labute approximate surface area is 197 Å². The van der Waals surface area contributed by atoms with E-state index < -0.39 is 10.0 Å². The van der Waals surface area contributed by atoms with Crippen molar-refractivity contribution in [2.24, 2.45) is 4.99 Å². The zero-order valence-corrected chi connectivity index (χ0v) is 21.2. The van der Waals surface area contributed by atoms with Crippen molar-refractivity contribution < 1.29 is 12.8 Å². The molecule has 2 fully saturated rings. The third-order valence-corrected chi connectivity index (χ3v) is 7.20. The molecule has 0 aliphatic carbocycles. The van der Waals surface area contributed by atoms with E-state index in [4.69, 9.17) is 9.41 Å². The topological polar surface area (TPSA) is 90.2 Å². The van der Waals surface area contributed by atoms with E-state index in [0.29, 0.717) is 25.7 Å². The Balaban J connectivity index is 0.00000320. The molecular formula is C20H36IN5O3S. The lowest BCUT2D eigenvalue weighted by Gasteiger charge is -2.24. The van der Waals surface area contributed by atoms with Crippen molar-refractivity contribution in [1.29, 1.82) is 0 Å². The quantitative estimate of drug-likeness (QED) is 0.276. The normalized spacial score (nSPS) is 23.5. The number of guanidine groups is 1. The maximum absolute atomic E-state index is 12.0. The number of likely N-dealkylation sites (tertiary alicyclic amines) is 1. The van der Waals surface area contributed by atoms with Gasteiger partial charge in [0.15, 0.2) is 5.96 Å². The molecule has 0 bridgehead atoms. The van der Waals surface area contributed by atoms with E-state index >= 15 is 0 Å². The predicted octanol–water partition coefficient (Wildman–Crippen LogP) is 1.88. The first kappa shape index (κ1) is 25.4. The fourth-order valence-electron chi connectivity index (χ4n) is 4.32. The van der Waals surface area contributed by atoms with Crippen molar-refractivity contribution in [3.05, 3.63) is 24.2 Å². The second-order valence-corrected chi connectivity index (χ2v) is 9.86. The van der Waals surface area contributed by atoms with Gasteiger partial charge in [-0.25, -0.2) is 8.42 Å². The lowest BCUT2D eigenvalue weighted by atomic mass is 10.2. The van der Waals surface area contributed by atoms with Crippen LogP contribution in [0.15, 0.2) is 27.8 Å². The minimum Gasteiger partial charge on any atom is -0.469 e. The molecule has 2 aliphatic rings. The van der Waals surface area contributed by atoms with Gasteiger partial charge < -0.3 is 15.1 Å². The van der Waals surface area contributed by atoms with E-state index in [1.54, 1.807) is 10.6 Å². The highest BCUT2D eigenvalue weighted by Gasteiger charge is 2.31. The van der Waals surface area contributed by atoms with E-state index in [1.165, 1.54) is 19.1 Å². The van der Waals surface area contributed by atoms with Crippen LogP contribution in [-0.2, 0) is 16.4 Å². The molecule has 0 radical (unpaired) electrons. The Kier molecular flexibility index (Phi) is 10.4. The number of aliphatic imine (C=N–C) groups is 1. The molecule has 2 atom stereocenters. The molecule has 0 saturated carbocycles. The number of halogens is 1. The molecule has 172 valence electrons. The summed E-state index contributed by atoms with van der Waals surface area (Å²) >= 11 is 0. The predicted molar refractivity (Wildman–Crippen MR) is 131 cm³/mol. The highest BCUT2D eigenvalue weighted by atomic mass is 127. The maximum Gasteiger partial charge on any atom is 0.211 e. The van der Waals surface area contributed by atoms with Crippen molar-refractivity contribution in [2.45, 2.75) is 51.1 Å². The van der Waals surface area contributed by atoms with Gasteiger partial charge >= 0.3 is 0 Å². The molecule has 0 spiro atoms. The van der Waals surface area contributed by atoms with Crippen molar-refractivity contribution in [2.75, 3.05) is 45.5 Å². The van der Waals surface area contributed by atoms with E-state index in [2.05, 4.69) is 22.5 Å². The number of furan rings is 1. The van der Waals surface area contributed by atoms with Gasteiger partial charge in [-0.05, 0) is 50.9 Å². The van der Waals surface area contributed by atoms with Crippen LogP contribution in [0.1, 0.15) is 38.4 Å². The van der Waals surface area contributed by atoms with Crippen LogP contribution in [-0.4, -0.2) is 81.2 Å². The Hall–Kier alpha value is -0.850. The summed E-state index contributed by atoms with van der Waals surface area (Å²) in [6.45, 7) is 7.06. The van der Waals surface area contributed by atoms with Crippen molar-refractivity contribution in [3.63, 3.8) is 0 Å². The maximum atomic E-state index is 12.0. The van der Waals surface area contributed by atoms with Gasteiger partial charge in [-0.3, -0.25) is 9.89 Å². The second-order valence-electron chi connectivity index (χ2n) is 7.92. The third kappa shape index (κ3) is 7.38. The Bertz CT molecular complexity index is 757. The van der Waals surface area contributed by atoms with E-state index in [0.717, 1.165) is 50.6 Å². The highest BCUT2D eigenvalue weighted by molar-refractivity contribution is 14.0. The van der Waals surface area contributed by atoms with Crippen molar-refractivity contribution >= 4 is 40.0 Å². The number of nitrogens with one attached hydrogen (secondary N) is 2. The monoisotopic (exact) mass is 553 g/mol. The minimum atomic E-state index is -3.18. The first-order chi connectivity index (χ1) is 14.0. The van der Waals surface area contributed by atoms with Gasteiger partial charge in [0.05, 0.1) is 19.1 Å². The first-order valence-electron chi connectivity index (χ1n) is 10.7. The van der Waals surface area contributed by atoms with E-state index in [9.17, 15) is 8.42 Å². The highest BCUT2D eigenvalue weighted by Crippen LogP contribution is 2.20. The lowest BCUT2D eigenvalue weighted by molar-refractivity contribution is 0.267. The summed E-state index contributed by atoms with van der Waals surface area (Å²) in [4.78, 5) is 7.24. The fourth-order valence-corrected chi connectivity index (χ4v) is 5.49.